The number of ether oxygens (including phenoxy) is 1. The van der Waals surface area contributed by atoms with Crippen molar-refractivity contribution in [2.45, 2.75) is 58.9 Å². The highest BCUT2D eigenvalue weighted by Gasteiger charge is 2.34. The first-order chi connectivity index (χ1) is 18.1. The van der Waals surface area contributed by atoms with E-state index in [0.717, 1.165) is 46.9 Å². The van der Waals surface area contributed by atoms with Gasteiger partial charge in [-0.2, -0.15) is 0 Å². The Bertz CT molecular complexity index is 1530. The van der Waals surface area contributed by atoms with Gasteiger partial charge in [0.15, 0.2) is 5.78 Å². The van der Waals surface area contributed by atoms with E-state index in [0.29, 0.717) is 23.4 Å². The average Bonchev–Trinajstić information content (AvgIpc) is 3.70. The van der Waals surface area contributed by atoms with Gasteiger partial charge in [-0.25, -0.2) is 4.79 Å². The highest BCUT2D eigenvalue weighted by atomic mass is 16.5. The summed E-state index contributed by atoms with van der Waals surface area (Å²) in [6.45, 7) is 8.87. The number of carbonyl (C=O) groups excluding carboxylic acids is 1. The van der Waals surface area contributed by atoms with Crippen LogP contribution in [0.25, 0.3) is 22.0 Å². The number of Topliss-reactive ketones (excluding diaryl/α,β-unsaturated/α-hetero) is 1. The fourth-order valence-electron chi connectivity index (χ4n) is 5.37. The van der Waals surface area contributed by atoms with E-state index in [2.05, 4.69) is 39.8 Å². The van der Waals surface area contributed by atoms with E-state index in [4.69, 9.17) is 4.74 Å². The summed E-state index contributed by atoms with van der Waals surface area (Å²) in [5.74, 6) is -0.175. The van der Waals surface area contributed by atoms with Crippen LogP contribution in [-0.4, -0.2) is 28.5 Å². The summed E-state index contributed by atoms with van der Waals surface area (Å²) in [6, 6.07) is 19.8. The van der Waals surface area contributed by atoms with Crippen LogP contribution in [0.3, 0.4) is 0 Å². The average molecular weight is 510 g/mol. The van der Waals surface area contributed by atoms with Crippen LogP contribution in [0.2, 0.25) is 0 Å². The van der Waals surface area contributed by atoms with Crippen LogP contribution in [0.5, 0.6) is 5.75 Å². The molecule has 1 aliphatic carbocycles. The van der Waals surface area contributed by atoms with E-state index >= 15 is 0 Å². The predicted molar refractivity (Wildman–Crippen MR) is 152 cm³/mol. The molecule has 5 heteroatoms. The first-order valence-electron chi connectivity index (χ1n) is 13.3. The number of rotatable bonds is 8. The highest BCUT2D eigenvalue weighted by Crippen LogP contribution is 2.42. The zero-order valence-corrected chi connectivity index (χ0v) is 22.8. The molecule has 5 nitrogen and oxygen atoms in total. The van der Waals surface area contributed by atoms with E-state index in [9.17, 15) is 14.7 Å². The molecule has 0 atom stereocenters. The number of nitrogens with zero attached hydrogens (tertiary/aromatic N) is 1. The van der Waals surface area contributed by atoms with Crippen LogP contribution in [0.1, 0.15) is 78.1 Å². The lowest BCUT2D eigenvalue weighted by molar-refractivity contribution is 0.0686. The maximum absolute atomic E-state index is 13.5. The van der Waals surface area contributed by atoms with Crippen LogP contribution in [0.15, 0.2) is 60.7 Å². The lowest BCUT2D eigenvalue weighted by Crippen LogP contribution is -2.13. The van der Waals surface area contributed by atoms with Crippen LogP contribution >= 0.6 is 0 Å². The Morgan fingerprint density at radius 3 is 2.32 bits per heavy atom. The molecule has 1 fully saturated rings. The number of ketones is 1. The molecule has 1 N–H and O–H groups in total. The Kier molecular flexibility index (Phi) is 6.64. The number of methoxy groups -OCH3 is 1. The van der Waals surface area contributed by atoms with Crippen LogP contribution in [-0.2, 0) is 18.4 Å². The van der Waals surface area contributed by atoms with E-state index in [1.807, 2.05) is 53.1 Å². The summed E-state index contributed by atoms with van der Waals surface area (Å²) in [5, 5.41) is 11.5. The summed E-state index contributed by atoms with van der Waals surface area (Å²) in [4.78, 5) is 26.5. The molecule has 0 spiro atoms. The third-order valence-electron chi connectivity index (χ3n) is 7.60. The Balaban J connectivity index is 1.85. The van der Waals surface area contributed by atoms with Crippen molar-refractivity contribution in [1.29, 1.82) is 0 Å². The molecule has 0 saturated heterocycles. The standard InChI is InChI=1S/C33H35NO4/c1-6-21-14-17-26(31(35)23-10-11-23)29-27(21)28(22-12-15-24(16-13-22)33(2,3)4)30(32(36)37)34(29)19-20-8-7-9-25(18-20)38-5/h7-9,12-18,23H,6,10-11,19H2,1-5H3,(H,36,37). The number of aromatic carboxylic acids is 1. The summed E-state index contributed by atoms with van der Waals surface area (Å²) >= 11 is 0. The van der Waals surface area contributed by atoms with Gasteiger partial charge in [-0.1, -0.05) is 70.2 Å². The first-order valence-corrected chi connectivity index (χ1v) is 13.3. The normalized spacial score (nSPS) is 13.6. The second kappa shape index (κ2) is 9.79. The van der Waals surface area contributed by atoms with E-state index in [1.165, 1.54) is 5.56 Å². The third kappa shape index (κ3) is 4.62. The van der Waals surface area contributed by atoms with Crippen LogP contribution in [0.4, 0.5) is 0 Å². The van der Waals surface area contributed by atoms with E-state index < -0.39 is 5.97 Å². The van der Waals surface area contributed by atoms with Gasteiger partial charge in [0.1, 0.15) is 11.4 Å². The molecule has 0 radical (unpaired) electrons. The van der Waals surface area contributed by atoms with Gasteiger partial charge in [-0.05, 0) is 65.1 Å². The molecular formula is C33H35NO4. The number of carboxylic acids is 1. The Labute approximate surface area is 224 Å². The van der Waals surface area contributed by atoms with E-state index in [1.54, 1.807) is 7.11 Å². The predicted octanol–water partition coefficient (Wildman–Crippen LogP) is 7.52. The summed E-state index contributed by atoms with van der Waals surface area (Å²) in [5.41, 5.74) is 6.16. The molecular weight excluding hydrogens is 474 g/mol. The number of carboxylic acid groups (broad SMARTS) is 1. The SMILES string of the molecule is CCc1ccc(C(=O)C2CC2)c2c1c(-c1ccc(C(C)(C)C)cc1)c(C(=O)O)n2Cc1cccc(OC)c1. The smallest absolute Gasteiger partial charge is 0.353 e. The fourth-order valence-corrected chi connectivity index (χ4v) is 5.37. The number of hydrogen-bond acceptors (Lipinski definition) is 3. The molecule has 1 heterocycles. The Morgan fingerprint density at radius 2 is 1.74 bits per heavy atom. The molecule has 196 valence electrons. The van der Waals surface area contributed by atoms with Gasteiger partial charge >= 0.3 is 5.97 Å². The van der Waals surface area contributed by atoms with Crippen LogP contribution < -0.4 is 4.74 Å². The molecule has 1 aromatic heterocycles. The summed E-state index contributed by atoms with van der Waals surface area (Å²) < 4.78 is 7.27. The number of benzene rings is 3. The number of fused-ring (bicyclic) bond motifs is 1. The minimum absolute atomic E-state index is 0.0209. The molecule has 0 amide bonds. The molecule has 4 aromatic rings. The van der Waals surface area contributed by atoms with Crippen molar-refractivity contribution in [2.24, 2.45) is 5.92 Å². The zero-order valence-electron chi connectivity index (χ0n) is 22.8. The number of aromatic nitrogens is 1. The van der Waals surface area contributed by atoms with Crippen molar-refractivity contribution >= 4 is 22.7 Å². The van der Waals surface area contributed by atoms with Crippen molar-refractivity contribution in [1.82, 2.24) is 4.57 Å². The topological polar surface area (TPSA) is 68.5 Å². The number of hydrogen-bond donors (Lipinski definition) is 1. The molecule has 3 aromatic carbocycles. The second-order valence-corrected chi connectivity index (χ2v) is 11.3. The molecule has 0 bridgehead atoms. The van der Waals surface area contributed by atoms with Crippen molar-refractivity contribution in [2.75, 3.05) is 7.11 Å². The van der Waals surface area contributed by atoms with Gasteiger partial charge in [0, 0.05) is 29.0 Å². The molecule has 1 aliphatic rings. The molecule has 0 unspecified atom stereocenters. The lowest BCUT2D eigenvalue weighted by atomic mass is 9.85. The van der Waals surface area contributed by atoms with Crippen molar-refractivity contribution in [3.05, 3.63) is 88.6 Å². The maximum Gasteiger partial charge on any atom is 0.353 e. The summed E-state index contributed by atoms with van der Waals surface area (Å²) in [6.07, 6.45) is 2.50. The Hall–Kier alpha value is -3.86. The first kappa shape index (κ1) is 25.8. The summed E-state index contributed by atoms with van der Waals surface area (Å²) in [7, 11) is 1.62. The molecule has 5 rings (SSSR count). The lowest BCUT2D eigenvalue weighted by Gasteiger charge is -2.19. The maximum atomic E-state index is 13.5. The molecule has 38 heavy (non-hydrogen) atoms. The van der Waals surface area contributed by atoms with Crippen molar-refractivity contribution < 1.29 is 19.4 Å². The Morgan fingerprint density at radius 1 is 1.03 bits per heavy atom. The minimum Gasteiger partial charge on any atom is -0.497 e. The van der Waals surface area contributed by atoms with Crippen LogP contribution in [0, 0.1) is 5.92 Å². The molecule has 1 saturated carbocycles. The van der Waals surface area contributed by atoms with Crippen molar-refractivity contribution in [3.63, 3.8) is 0 Å². The zero-order chi connectivity index (χ0) is 27.2. The molecule has 0 aliphatic heterocycles. The highest BCUT2D eigenvalue weighted by molar-refractivity contribution is 6.17. The van der Waals surface area contributed by atoms with E-state index in [-0.39, 0.29) is 22.8 Å². The largest absolute Gasteiger partial charge is 0.497 e. The van der Waals surface area contributed by atoms with Crippen molar-refractivity contribution in [3.8, 4) is 16.9 Å². The van der Waals surface area contributed by atoms with Gasteiger partial charge in [0.2, 0.25) is 0 Å². The van der Waals surface area contributed by atoms with Gasteiger partial charge in [0.25, 0.3) is 0 Å². The quantitative estimate of drug-likeness (QED) is 0.250. The number of carbonyl (C=O) groups is 2. The monoisotopic (exact) mass is 509 g/mol. The number of aryl methyl sites for hydroxylation is 1. The van der Waals surface area contributed by atoms with Gasteiger partial charge < -0.3 is 14.4 Å². The van der Waals surface area contributed by atoms with Gasteiger partial charge in [-0.15, -0.1) is 0 Å². The van der Waals surface area contributed by atoms with Gasteiger partial charge in [0.05, 0.1) is 12.6 Å². The minimum atomic E-state index is -1.01. The van der Waals surface area contributed by atoms with Gasteiger partial charge in [-0.3, -0.25) is 4.79 Å². The second-order valence-electron chi connectivity index (χ2n) is 11.3. The fraction of sp³-hybridized carbons (Fsp3) is 0.333. The third-order valence-corrected chi connectivity index (χ3v) is 7.60.